The number of pyridine rings is 1. The first-order chi connectivity index (χ1) is 15.0. The van der Waals surface area contributed by atoms with Crippen LogP contribution in [-0.2, 0) is 9.53 Å². The van der Waals surface area contributed by atoms with Crippen molar-refractivity contribution in [3.63, 3.8) is 0 Å². The van der Waals surface area contributed by atoms with Crippen molar-refractivity contribution in [1.29, 1.82) is 0 Å². The minimum absolute atomic E-state index is 0.0364. The number of nitrogens with zero attached hydrogens (tertiary/aromatic N) is 4. The van der Waals surface area contributed by atoms with Gasteiger partial charge in [0.25, 0.3) is 0 Å². The van der Waals surface area contributed by atoms with Crippen molar-refractivity contribution in [1.82, 2.24) is 19.9 Å². The van der Waals surface area contributed by atoms with Gasteiger partial charge < -0.3 is 20.7 Å². The molecule has 2 aromatic heterocycles. The van der Waals surface area contributed by atoms with Crippen LogP contribution in [0.3, 0.4) is 0 Å². The third kappa shape index (κ3) is 5.44. The van der Waals surface area contributed by atoms with Crippen LogP contribution in [0.2, 0.25) is 0 Å². The average Bonchev–Trinajstić information content (AvgIpc) is 3.14. The summed E-state index contributed by atoms with van der Waals surface area (Å²) in [4.78, 5) is 37.6. The highest BCUT2D eigenvalue weighted by molar-refractivity contribution is 5.94. The maximum absolute atomic E-state index is 12.1. The van der Waals surface area contributed by atoms with E-state index in [4.69, 9.17) is 4.74 Å². The lowest BCUT2D eigenvalue weighted by Gasteiger charge is -2.13. The molecule has 10 nitrogen and oxygen atoms in total. The molecule has 1 fully saturated rings. The Morgan fingerprint density at radius 1 is 1.00 bits per heavy atom. The van der Waals surface area contributed by atoms with Gasteiger partial charge >= 0.3 is 6.09 Å². The summed E-state index contributed by atoms with van der Waals surface area (Å²) in [6.07, 6.45) is 2.72. The number of carbonyl (C=O) groups is 2. The topological polar surface area (TPSA) is 121 Å². The molecule has 0 saturated carbocycles. The fourth-order valence-corrected chi connectivity index (χ4v) is 2.96. The summed E-state index contributed by atoms with van der Waals surface area (Å²) in [5, 5.41) is 9.10. The smallest absolute Gasteiger partial charge is 0.410 e. The molecule has 1 aromatic carbocycles. The zero-order valence-corrected chi connectivity index (χ0v) is 16.8. The Bertz CT molecular complexity index is 1090. The van der Waals surface area contributed by atoms with Crippen molar-refractivity contribution >= 4 is 40.8 Å². The molecule has 0 bridgehead atoms. The summed E-state index contributed by atoms with van der Waals surface area (Å²) in [5.74, 6) is 1.64. The monoisotopic (exact) mass is 419 g/mol. The number of aryl methyl sites for hydroxylation is 1. The molecule has 0 spiro atoms. The summed E-state index contributed by atoms with van der Waals surface area (Å²) in [7, 11) is 0. The maximum atomic E-state index is 12.1. The molecular formula is C21H21N7O3. The van der Waals surface area contributed by atoms with Gasteiger partial charge in [0.2, 0.25) is 5.91 Å². The van der Waals surface area contributed by atoms with E-state index in [0.29, 0.717) is 36.3 Å². The quantitative estimate of drug-likeness (QED) is 0.534. The molecule has 0 radical (unpaired) electrons. The van der Waals surface area contributed by atoms with Gasteiger partial charge in [-0.1, -0.05) is 0 Å². The molecule has 0 unspecified atom stereocenters. The van der Waals surface area contributed by atoms with E-state index in [9.17, 15) is 9.59 Å². The van der Waals surface area contributed by atoms with Crippen LogP contribution in [0.1, 0.15) is 5.56 Å². The molecule has 3 aromatic rings. The van der Waals surface area contributed by atoms with Gasteiger partial charge in [0.05, 0.1) is 6.54 Å². The third-order valence-corrected chi connectivity index (χ3v) is 4.46. The Morgan fingerprint density at radius 2 is 1.71 bits per heavy atom. The van der Waals surface area contributed by atoms with Crippen LogP contribution in [0.4, 0.5) is 33.6 Å². The summed E-state index contributed by atoms with van der Waals surface area (Å²) in [6.45, 7) is 2.69. The van der Waals surface area contributed by atoms with Gasteiger partial charge in [-0.15, -0.1) is 0 Å². The van der Waals surface area contributed by atoms with Crippen LogP contribution in [0.15, 0.2) is 55.0 Å². The van der Waals surface area contributed by atoms with E-state index in [1.807, 2.05) is 31.2 Å². The van der Waals surface area contributed by atoms with Crippen LogP contribution < -0.4 is 16.0 Å². The van der Waals surface area contributed by atoms with Gasteiger partial charge in [-0.25, -0.2) is 19.7 Å². The third-order valence-electron chi connectivity index (χ3n) is 4.46. The number of carbonyl (C=O) groups excluding carboxylic acids is 2. The fraction of sp³-hybridized carbons (Fsp3) is 0.190. The Labute approximate surface area is 178 Å². The highest BCUT2D eigenvalue weighted by Crippen LogP contribution is 2.20. The number of hydrogen-bond acceptors (Lipinski definition) is 8. The van der Waals surface area contributed by atoms with Gasteiger partial charge in [0, 0.05) is 23.6 Å². The summed E-state index contributed by atoms with van der Waals surface area (Å²) in [6, 6.07) is 12.8. The van der Waals surface area contributed by atoms with E-state index >= 15 is 0 Å². The Morgan fingerprint density at radius 3 is 2.42 bits per heavy atom. The Kier molecular flexibility index (Phi) is 5.88. The number of cyclic esters (lactones) is 1. The van der Waals surface area contributed by atoms with Gasteiger partial charge in [0.1, 0.15) is 36.9 Å². The minimum atomic E-state index is -0.466. The number of rotatable bonds is 7. The lowest BCUT2D eigenvalue weighted by atomic mass is 10.2. The molecule has 0 aliphatic carbocycles. The van der Waals surface area contributed by atoms with E-state index in [-0.39, 0.29) is 12.5 Å². The van der Waals surface area contributed by atoms with Gasteiger partial charge in [-0.3, -0.25) is 9.69 Å². The van der Waals surface area contributed by atoms with E-state index < -0.39 is 6.09 Å². The molecule has 2 amide bonds. The predicted octanol–water partition coefficient (Wildman–Crippen LogP) is 3.06. The second-order valence-corrected chi connectivity index (χ2v) is 6.92. The molecule has 158 valence electrons. The summed E-state index contributed by atoms with van der Waals surface area (Å²) >= 11 is 0. The van der Waals surface area contributed by atoms with Crippen LogP contribution in [0.5, 0.6) is 0 Å². The molecule has 10 heteroatoms. The second-order valence-electron chi connectivity index (χ2n) is 6.92. The Balaban J connectivity index is 1.34. The van der Waals surface area contributed by atoms with Crippen LogP contribution in [0.25, 0.3) is 0 Å². The highest BCUT2D eigenvalue weighted by atomic mass is 16.6. The van der Waals surface area contributed by atoms with E-state index in [1.165, 1.54) is 11.2 Å². The summed E-state index contributed by atoms with van der Waals surface area (Å²) in [5.41, 5.74) is 2.51. The number of benzene rings is 1. The normalized spacial score (nSPS) is 12.9. The molecule has 4 rings (SSSR count). The largest absolute Gasteiger partial charge is 0.448 e. The first-order valence-electron chi connectivity index (χ1n) is 9.65. The number of hydrogen-bond donors (Lipinski definition) is 3. The first kappa shape index (κ1) is 20.1. The standard InChI is InChI=1S/C21H21N7O3/c1-14-6-7-22-17(10-14)27-19-11-18(23-13-24-19)25-15-2-4-16(5-3-15)26-20(29)12-28-8-9-31-21(28)30/h2-7,10-11,13H,8-9,12H2,1H3,(H,26,29)(H2,22,23,24,25,27). The number of nitrogens with one attached hydrogen (secondary N) is 3. The van der Waals surface area contributed by atoms with Crippen molar-refractivity contribution in [3.8, 4) is 0 Å². The molecule has 3 heterocycles. The van der Waals surface area contributed by atoms with Gasteiger partial charge in [0.15, 0.2) is 0 Å². The number of aromatic nitrogens is 3. The van der Waals surface area contributed by atoms with E-state index in [1.54, 1.807) is 24.4 Å². The van der Waals surface area contributed by atoms with Crippen LogP contribution in [-0.4, -0.2) is 51.5 Å². The number of amides is 2. The van der Waals surface area contributed by atoms with Crippen LogP contribution in [0, 0.1) is 6.92 Å². The minimum Gasteiger partial charge on any atom is -0.448 e. The molecule has 1 aliphatic heterocycles. The number of ether oxygens (including phenoxy) is 1. The van der Waals surface area contributed by atoms with E-state index in [2.05, 4.69) is 30.9 Å². The second kappa shape index (κ2) is 9.08. The van der Waals surface area contributed by atoms with Crippen molar-refractivity contribution in [3.05, 3.63) is 60.6 Å². The van der Waals surface area contributed by atoms with Gasteiger partial charge in [-0.05, 0) is 48.9 Å². The van der Waals surface area contributed by atoms with Gasteiger partial charge in [-0.2, -0.15) is 0 Å². The SMILES string of the molecule is Cc1ccnc(Nc2cc(Nc3ccc(NC(=O)CN4CCOC4=O)cc3)ncn2)c1. The molecule has 1 saturated heterocycles. The van der Waals surface area contributed by atoms with Crippen molar-refractivity contribution in [2.24, 2.45) is 0 Å². The zero-order valence-electron chi connectivity index (χ0n) is 16.8. The van der Waals surface area contributed by atoms with E-state index in [0.717, 1.165) is 11.3 Å². The molecule has 3 N–H and O–H groups in total. The molecule has 0 atom stereocenters. The number of anilines is 5. The fourth-order valence-electron chi connectivity index (χ4n) is 2.96. The lowest BCUT2D eigenvalue weighted by Crippen LogP contribution is -2.33. The average molecular weight is 419 g/mol. The van der Waals surface area contributed by atoms with Crippen molar-refractivity contribution < 1.29 is 14.3 Å². The van der Waals surface area contributed by atoms with Crippen LogP contribution >= 0.6 is 0 Å². The lowest BCUT2D eigenvalue weighted by molar-refractivity contribution is -0.116. The summed E-state index contributed by atoms with van der Waals surface area (Å²) < 4.78 is 4.82. The molecule has 1 aliphatic rings. The zero-order chi connectivity index (χ0) is 21.6. The highest BCUT2D eigenvalue weighted by Gasteiger charge is 2.24. The molecule has 31 heavy (non-hydrogen) atoms. The molecular weight excluding hydrogens is 398 g/mol. The maximum Gasteiger partial charge on any atom is 0.410 e. The Hall–Kier alpha value is -4.21. The first-order valence-corrected chi connectivity index (χ1v) is 9.65. The van der Waals surface area contributed by atoms with Crippen molar-refractivity contribution in [2.45, 2.75) is 6.92 Å². The van der Waals surface area contributed by atoms with Crippen molar-refractivity contribution in [2.75, 3.05) is 35.6 Å². The predicted molar refractivity (Wildman–Crippen MR) is 116 cm³/mol.